The Kier molecular flexibility index (Phi) is 5.87. The molecular weight excluding hydrogens is 350 g/mol. The third-order valence-electron chi connectivity index (χ3n) is 5.68. The molecule has 1 saturated carbocycles. The fraction of sp³-hybridized carbons (Fsp3) is 0.632. The van der Waals surface area contributed by atoms with Gasteiger partial charge in [0.15, 0.2) is 0 Å². The molecule has 144 valence electrons. The van der Waals surface area contributed by atoms with E-state index in [4.69, 9.17) is 0 Å². The molecule has 1 aromatic carbocycles. The maximum Gasteiger partial charge on any atom is 0.315 e. The van der Waals surface area contributed by atoms with E-state index in [1.165, 1.54) is 22.7 Å². The van der Waals surface area contributed by atoms with Crippen LogP contribution in [0.5, 0.6) is 0 Å². The van der Waals surface area contributed by atoms with Crippen molar-refractivity contribution in [2.75, 3.05) is 25.4 Å². The van der Waals surface area contributed by atoms with E-state index in [0.717, 1.165) is 6.42 Å². The van der Waals surface area contributed by atoms with Crippen molar-refractivity contribution in [3.63, 3.8) is 0 Å². The van der Waals surface area contributed by atoms with Crippen LogP contribution in [0.2, 0.25) is 0 Å². The van der Waals surface area contributed by atoms with Crippen LogP contribution in [0.1, 0.15) is 44.6 Å². The SMILES string of the molecule is CCS(=O)(=O)N1CCC(NC(=O)NCCC2(c3ccccc3)CC2)CC1. The van der Waals surface area contributed by atoms with Gasteiger partial charge in [0.05, 0.1) is 5.75 Å². The molecule has 2 aliphatic rings. The first-order chi connectivity index (χ1) is 12.5. The number of hydrogen-bond donors (Lipinski definition) is 2. The Morgan fingerprint density at radius 2 is 1.85 bits per heavy atom. The zero-order valence-corrected chi connectivity index (χ0v) is 16.2. The molecule has 0 radical (unpaired) electrons. The van der Waals surface area contributed by atoms with Gasteiger partial charge < -0.3 is 10.6 Å². The van der Waals surface area contributed by atoms with Crippen LogP contribution in [-0.2, 0) is 15.4 Å². The van der Waals surface area contributed by atoms with Crippen molar-refractivity contribution in [2.24, 2.45) is 0 Å². The molecule has 1 aliphatic heterocycles. The fourth-order valence-corrected chi connectivity index (χ4v) is 4.87. The van der Waals surface area contributed by atoms with Gasteiger partial charge in [-0.2, -0.15) is 0 Å². The van der Waals surface area contributed by atoms with Gasteiger partial charge in [-0.05, 0) is 50.0 Å². The summed E-state index contributed by atoms with van der Waals surface area (Å²) in [5, 5.41) is 5.95. The monoisotopic (exact) mass is 379 g/mol. The predicted octanol–water partition coefficient (Wildman–Crippen LogP) is 2.22. The van der Waals surface area contributed by atoms with E-state index in [0.29, 0.717) is 32.5 Å². The average molecular weight is 380 g/mol. The Hall–Kier alpha value is -1.60. The number of nitrogens with zero attached hydrogens (tertiary/aromatic N) is 1. The van der Waals surface area contributed by atoms with Gasteiger partial charge in [0, 0.05) is 25.7 Å². The van der Waals surface area contributed by atoms with Crippen molar-refractivity contribution in [1.29, 1.82) is 0 Å². The second kappa shape index (κ2) is 7.96. The van der Waals surface area contributed by atoms with E-state index in [1.54, 1.807) is 6.92 Å². The number of carbonyl (C=O) groups excluding carboxylic acids is 1. The summed E-state index contributed by atoms with van der Waals surface area (Å²) in [6.45, 7) is 3.29. The number of sulfonamides is 1. The number of piperidine rings is 1. The summed E-state index contributed by atoms with van der Waals surface area (Å²) in [7, 11) is -3.12. The van der Waals surface area contributed by atoms with Crippen LogP contribution in [0.15, 0.2) is 30.3 Å². The Morgan fingerprint density at radius 1 is 1.19 bits per heavy atom. The number of urea groups is 1. The van der Waals surface area contributed by atoms with Gasteiger partial charge in [0.25, 0.3) is 0 Å². The summed E-state index contributed by atoms with van der Waals surface area (Å²) in [5.74, 6) is 0.134. The molecular formula is C19H29N3O3S. The lowest BCUT2D eigenvalue weighted by molar-refractivity contribution is 0.227. The van der Waals surface area contributed by atoms with Crippen molar-refractivity contribution < 1.29 is 13.2 Å². The largest absolute Gasteiger partial charge is 0.338 e. The zero-order chi connectivity index (χ0) is 18.6. The van der Waals surface area contributed by atoms with Crippen molar-refractivity contribution in [3.8, 4) is 0 Å². The molecule has 0 unspecified atom stereocenters. The summed E-state index contributed by atoms with van der Waals surface area (Å²) < 4.78 is 25.3. The number of rotatable bonds is 7. The number of benzene rings is 1. The highest BCUT2D eigenvalue weighted by atomic mass is 32.2. The Labute approximate surface area is 156 Å². The molecule has 2 amide bonds. The molecule has 3 rings (SSSR count). The highest BCUT2D eigenvalue weighted by Crippen LogP contribution is 2.50. The standard InChI is InChI=1S/C19H29N3O3S/c1-2-26(24,25)22-14-8-17(9-15-22)21-18(23)20-13-12-19(10-11-19)16-6-4-3-5-7-16/h3-7,17H,2,8-15H2,1H3,(H2,20,21,23). The quantitative estimate of drug-likeness (QED) is 0.762. The predicted molar refractivity (Wildman–Crippen MR) is 103 cm³/mol. The fourth-order valence-electron chi connectivity index (χ4n) is 3.74. The topological polar surface area (TPSA) is 78.5 Å². The molecule has 0 spiro atoms. The lowest BCUT2D eigenvalue weighted by atomic mass is 9.92. The summed E-state index contributed by atoms with van der Waals surface area (Å²) in [5.41, 5.74) is 1.61. The molecule has 0 aromatic heterocycles. The molecule has 1 aliphatic carbocycles. The summed E-state index contributed by atoms with van der Waals surface area (Å²) in [4.78, 5) is 12.1. The molecule has 2 N–H and O–H groups in total. The third-order valence-corrected chi connectivity index (χ3v) is 7.56. The van der Waals surface area contributed by atoms with Gasteiger partial charge in [0.2, 0.25) is 10.0 Å². The molecule has 0 atom stereocenters. The van der Waals surface area contributed by atoms with E-state index in [-0.39, 0.29) is 23.2 Å². The normalized spacial score (nSPS) is 20.5. The smallest absolute Gasteiger partial charge is 0.315 e. The minimum Gasteiger partial charge on any atom is -0.338 e. The second-order valence-corrected chi connectivity index (χ2v) is 9.63. The Balaban J connectivity index is 1.38. The van der Waals surface area contributed by atoms with Crippen molar-refractivity contribution in [2.45, 2.75) is 50.5 Å². The van der Waals surface area contributed by atoms with Crippen LogP contribution in [0.25, 0.3) is 0 Å². The van der Waals surface area contributed by atoms with Crippen molar-refractivity contribution in [1.82, 2.24) is 14.9 Å². The van der Waals surface area contributed by atoms with E-state index in [1.807, 2.05) is 6.07 Å². The van der Waals surface area contributed by atoms with Gasteiger partial charge in [0.1, 0.15) is 0 Å². The van der Waals surface area contributed by atoms with Gasteiger partial charge in [-0.1, -0.05) is 30.3 Å². The van der Waals surface area contributed by atoms with E-state index < -0.39 is 10.0 Å². The Bertz CT molecular complexity index is 709. The summed E-state index contributed by atoms with van der Waals surface area (Å²) >= 11 is 0. The molecule has 1 heterocycles. The van der Waals surface area contributed by atoms with Gasteiger partial charge in [-0.3, -0.25) is 0 Å². The minimum absolute atomic E-state index is 0.0438. The van der Waals surface area contributed by atoms with Crippen LogP contribution in [-0.4, -0.2) is 50.2 Å². The van der Waals surface area contributed by atoms with Crippen LogP contribution in [0.4, 0.5) is 4.79 Å². The summed E-state index contributed by atoms with van der Waals surface area (Å²) in [6.07, 6.45) is 4.66. The highest BCUT2D eigenvalue weighted by molar-refractivity contribution is 7.89. The van der Waals surface area contributed by atoms with Crippen LogP contribution >= 0.6 is 0 Å². The van der Waals surface area contributed by atoms with Crippen molar-refractivity contribution in [3.05, 3.63) is 35.9 Å². The minimum atomic E-state index is -3.12. The lowest BCUT2D eigenvalue weighted by Gasteiger charge is -2.31. The van der Waals surface area contributed by atoms with E-state index in [9.17, 15) is 13.2 Å². The number of carbonyl (C=O) groups is 1. The average Bonchev–Trinajstić information content (AvgIpc) is 3.44. The van der Waals surface area contributed by atoms with E-state index >= 15 is 0 Å². The first-order valence-corrected chi connectivity index (χ1v) is 11.1. The number of amides is 2. The van der Waals surface area contributed by atoms with Gasteiger partial charge in [-0.25, -0.2) is 17.5 Å². The van der Waals surface area contributed by atoms with Crippen LogP contribution < -0.4 is 10.6 Å². The lowest BCUT2D eigenvalue weighted by Crippen LogP contribution is -2.49. The molecule has 6 nitrogen and oxygen atoms in total. The van der Waals surface area contributed by atoms with Crippen LogP contribution in [0, 0.1) is 0 Å². The van der Waals surface area contributed by atoms with Crippen molar-refractivity contribution >= 4 is 16.1 Å². The van der Waals surface area contributed by atoms with Gasteiger partial charge in [-0.15, -0.1) is 0 Å². The molecule has 0 bridgehead atoms. The third kappa shape index (κ3) is 4.57. The highest BCUT2D eigenvalue weighted by Gasteiger charge is 2.43. The molecule has 1 aromatic rings. The molecule has 26 heavy (non-hydrogen) atoms. The van der Waals surface area contributed by atoms with E-state index in [2.05, 4.69) is 34.9 Å². The van der Waals surface area contributed by atoms with Crippen LogP contribution in [0.3, 0.4) is 0 Å². The maximum atomic E-state index is 12.1. The summed E-state index contributed by atoms with van der Waals surface area (Å²) in [6, 6.07) is 10.4. The zero-order valence-electron chi connectivity index (χ0n) is 15.4. The Morgan fingerprint density at radius 3 is 2.42 bits per heavy atom. The second-order valence-electron chi connectivity index (χ2n) is 7.37. The number of hydrogen-bond acceptors (Lipinski definition) is 3. The number of nitrogens with one attached hydrogen (secondary N) is 2. The first-order valence-electron chi connectivity index (χ1n) is 9.53. The molecule has 7 heteroatoms. The molecule has 2 fully saturated rings. The maximum absolute atomic E-state index is 12.1. The first kappa shape index (κ1) is 19.2. The molecule has 1 saturated heterocycles. The van der Waals surface area contributed by atoms with Gasteiger partial charge >= 0.3 is 6.03 Å².